The standard InChI is InChI=1S/C22H20ClN5O2/c1-30-19-9-7-16(8-10-19)15-28-22(27-11-2-3-12-27)20(25-26-28)21(29)24-14-17-5-4-6-18(23)13-17/h2-13H,14-15H2,1H3,(H,24,29). The van der Waals surface area contributed by atoms with Gasteiger partial charge in [0, 0.05) is 24.0 Å². The largest absolute Gasteiger partial charge is 0.497 e. The normalized spacial score (nSPS) is 10.7. The molecule has 4 aromatic rings. The first kappa shape index (κ1) is 19.7. The van der Waals surface area contributed by atoms with Gasteiger partial charge in [-0.25, -0.2) is 4.68 Å². The summed E-state index contributed by atoms with van der Waals surface area (Å²) in [7, 11) is 1.63. The minimum absolute atomic E-state index is 0.252. The van der Waals surface area contributed by atoms with Gasteiger partial charge in [0.25, 0.3) is 5.91 Å². The zero-order chi connectivity index (χ0) is 20.9. The fraction of sp³-hybridized carbons (Fsp3) is 0.136. The Morgan fingerprint density at radius 1 is 1.07 bits per heavy atom. The van der Waals surface area contributed by atoms with Gasteiger partial charge in [-0.2, -0.15) is 0 Å². The Kier molecular flexibility index (Phi) is 5.81. The Hall–Kier alpha value is -3.58. The number of ether oxygens (including phenoxy) is 1. The zero-order valence-corrected chi connectivity index (χ0v) is 17.1. The second kappa shape index (κ2) is 8.84. The van der Waals surface area contributed by atoms with Gasteiger partial charge in [-0.3, -0.25) is 4.79 Å². The molecule has 1 N–H and O–H groups in total. The summed E-state index contributed by atoms with van der Waals surface area (Å²) >= 11 is 6.02. The molecule has 4 rings (SSSR count). The van der Waals surface area contributed by atoms with Crippen molar-refractivity contribution >= 4 is 17.5 Å². The molecule has 0 saturated heterocycles. The number of nitrogens with one attached hydrogen (secondary N) is 1. The molecule has 2 aromatic carbocycles. The summed E-state index contributed by atoms with van der Waals surface area (Å²) in [6.07, 6.45) is 3.72. The minimum Gasteiger partial charge on any atom is -0.497 e. The van der Waals surface area contributed by atoms with Crippen LogP contribution in [0.15, 0.2) is 73.1 Å². The average molecular weight is 422 g/mol. The number of nitrogens with zero attached hydrogens (tertiary/aromatic N) is 4. The Labute approximate surface area is 178 Å². The summed E-state index contributed by atoms with van der Waals surface area (Å²) in [6.45, 7) is 0.807. The minimum atomic E-state index is -0.306. The molecule has 0 aliphatic carbocycles. The van der Waals surface area contributed by atoms with Crippen LogP contribution in [0.5, 0.6) is 5.75 Å². The lowest BCUT2D eigenvalue weighted by atomic mass is 10.2. The number of halogens is 1. The Balaban J connectivity index is 1.59. The van der Waals surface area contributed by atoms with Crippen LogP contribution in [0.3, 0.4) is 0 Å². The van der Waals surface area contributed by atoms with Crippen molar-refractivity contribution in [1.82, 2.24) is 24.9 Å². The van der Waals surface area contributed by atoms with E-state index in [0.29, 0.717) is 23.9 Å². The van der Waals surface area contributed by atoms with Gasteiger partial charge in [0.15, 0.2) is 11.5 Å². The third-order valence-electron chi connectivity index (χ3n) is 4.61. The smallest absolute Gasteiger partial charge is 0.276 e. The van der Waals surface area contributed by atoms with E-state index in [1.165, 1.54) is 0 Å². The van der Waals surface area contributed by atoms with E-state index >= 15 is 0 Å². The summed E-state index contributed by atoms with van der Waals surface area (Å²) in [6, 6.07) is 18.8. The van der Waals surface area contributed by atoms with Crippen molar-refractivity contribution < 1.29 is 9.53 Å². The second-order valence-electron chi connectivity index (χ2n) is 6.67. The van der Waals surface area contributed by atoms with Crippen molar-refractivity contribution in [3.63, 3.8) is 0 Å². The molecule has 8 heteroatoms. The number of rotatable bonds is 7. The number of carbonyl (C=O) groups excluding carboxylic acids is 1. The highest BCUT2D eigenvalue weighted by atomic mass is 35.5. The van der Waals surface area contributed by atoms with Gasteiger partial charge in [-0.05, 0) is 47.5 Å². The quantitative estimate of drug-likeness (QED) is 0.493. The van der Waals surface area contributed by atoms with Crippen molar-refractivity contribution in [2.45, 2.75) is 13.1 Å². The molecule has 0 aliphatic rings. The highest BCUT2D eigenvalue weighted by molar-refractivity contribution is 6.30. The Bertz CT molecular complexity index is 1140. The average Bonchev–Trinajstić information content (AvgIpc) is 3.42. The maximum Gasteiger partial charge on any atom is 0.276 e. The first-order valence-electron chi connectivity index (χ1n) is 9.36. The number of carbonyl (C=O) groups is 1. The Morgan fingerprint density at radius 2 is 1.83 bits per heavy atom. The summed E-state index contributed by atoms with van der Waals surface area (Å²) < 4.78 is 8.74. The number of hydrogen-bond acceptors (Lipinski definition) is 4. The molecule has 0 saturated carbocycles. The van der Waals surface area contributed by atoms with Gasteiger partial charge in [0.05, 0.1) is 13.7 Å². The molecule has 152 valence electrons. The van der Waals surface area contributed by atoms with Crippen LogP contribution in [-0.2, 0) is 13.1 Å². The van der Waals surface area contributed by atoms with Crippen molar-refractivity contribution in [1.29, 1.82) is 0 Å². The lowest BCUT2D eigenvalue weighted by Crippen LogP contribution is -2.25. The maximum atomic E-state index is 12.9. The molecule has 0 unspecified atom stereocenters. The van der Waals surface area contributed by atoms with Gasteiger partial charge in [-0.15, -0.1) is 5.10 Å². The third kappa shape index (κ3) is 4.36. The van der Waals surface area contributed by atoms with Crippen LogP contribution in [0.25, 0.3) is 5.82 Å². The van der Waals surface area contributed by atoms with Crippen molar-refractivity contribution in [3.05, 3.63) is 94.9 Å². The summed E-state index contributed by atoms with van der Waals surface area (Å²) in [4.78, 5) is 12.9. The van der Waals surface area contributed by atoms with E-state index in [0.717, 1.165) is 16.9 Å². The van der Waals surface area contributed by atoms with E-state index < -0.39 is 0 Å². The van der Waals surface area contributed by atoms with E-state index in [2.05, 4.69) is 15.6 Å². The Morgan fingerprint density at radius 3 is 2.53 bits per heavy atom. The van der Waals surface area contributed by atoms with Gasteiger partial charge in [0.1, 0.15) is 5.75 Å². The lowest BCUT2D eigenvalue weighted by Gasteiger charge is -2.10. The fourth-order valence-electron chi connectivity index (χ4n) is 3.11. The number of amides is 1. The molecule has 30 heavy (non-hydrogen) atoms. The van der Waals surface area contributed by atoms with Gasteiger partial charge in [0.2, 0.25) is 0 Å². The predicted molar refractivity (Wildman–Crippen MR) is 114 cm³/mol. The predicted octanol–water partition coefficient (Wildman–Crippen LogP) is 3.71. The van der Waals surface area contributed by atoms with E-state index in [-0.39, 0.29) is 11.6 Å². The van der Waals surface area contributed by atoms with Crippen molar-refractivity contribution in [2.24, 2.45) is 0 Å². The van der Waals surface area contributed by atoms with Gasteiger partial charge in [-0.1, -0.05) is 41.1 Å². The molecule has 1 amide bonds. The third-order valence-corrected chi connectivity index (χ3v) is 4.84. The molecule has 0 spiro atoms. The molecule has 2 heterocycles. The molecular formula is C22H20ClN5O2. The number of hydrogen-bond donors (Lipinski definition) is 1. The molecule has 2 aromatic heterocycles. The molecule has 0 fully saturated rings. The van der Waals surface area contributed by atoms with Crippen LogP contribution in [-0.4, -0.2) is 32.6 Å². The lowest BCUT2D eigenvalue weighted by molar-refractivity contribution is 0.0946. The molecule has 0 bridgehead atoms. The molecule has 0 aliphatic heterocycles. The summed E-state index contributed by atoms with van der Waals surface area (Å²) in [5.41, 5.74) is 2.17. The van der Waals surface area contributed by atoms with E-state index in [4.69, 9.17) is 16.3 Å². The van der Waals surface area contributed by atoms with Crippen LogP contribution >= 0.6 is 11.6 Å². The number of methoxy groups -OCH3 is 1. The highest BCUT2D eigenvalue weighted by Crippen LogP contribution is 2.17. The molecular weight excluding hydrogens is 402 g/mol. The first-order valence-corrected chi connectivity index (χ1v) is 9.74. The van der Waals surface area contributed by atoms with Crippen LogP contribution in [0.4, 0.5) is 0 Å². The van der Waals surface area contributed by atoms with Crippen LogP contribution in [0.1, 0.15) is 21.6 Å². The highest BCUT2D eigenvalue weighted by Gasteiger charge is 2.21. The first-order chi connectivity index (χ1) is 14.6. The fourth-order valence-corrected chi connectivity index (χ4v) is 3.32. The number of aromatic nitrogens is 4. The summed E-state index contributed by atoms with van der Waals surface area (Å²) in [5.74, 6) is 1.07. The van der Waals surface area contributed by atoms with E-state index in [1.807, 2.05) is 71.6 Å². The van der Waals surface area contributed by atoms with E-state index in [9.17, 15) is 4.79 Å². The van der Waals surface area contributed by atoms with Crippen LogP contribution in [0, 0.1) is 0 Å². The second-order valence-corrected chi connectivity index (χ2v) is 7.11. The van der Waals surface area contributed by atoms with Crippen molar-refractivity contribution in [2.75, 3.05) is 7.11 Å². The molecule has 0 radical (unpaired) electrons. The van der Waals surface area contributed by atoms with Gasteiger partial charge >= 0.3 is 0 Å². The maximum absolute atomic E-state index is 12.9. The van der Waals surface area contributed by atoms with Gasteiger partial charge < -0.3 is 14.6 Å². The monoisotopic (exact) mass is 421 g/mol. The van der Waals surface area contributed by atoms with Crippen LogP contribution in [0.2, 0.25) is 5.02 Å². The van der Waals surface area contributed by atoms with Crippen molar-refractivity contribution in [3.8, 4) is 11.6 Å². The topological polar surface area (TPSA) is 74.0 Å². The summed E-state index contributed by atoms with van der Waals surface area (Å²) in [5, 5.41) is 11.9. The number of benzene rings is 2. The van der Waals surface area contributed by atoms with Crippen LogP contribution < -0.4 is 10.1 Å². The SMILES string of the molecule is COc1ccc(Cn2nnc(C(=O)NCc3cccc(Cl)c3)c2-n2cccc2)cc1. The van der Waals surface area contributed by atoms with E-state index in [1.54, 1.807) is 17.9 Å². The zero-order valence-electron chi connectivity index (χ0n) is 16.3. The molecule has 0 atom stereocenters. The molecule has 7 nitrogen and oxygen atoms in total.